The highest BCUT2D eigenvalue weighted by molar-refractivity contribution is 6.31. The van der Waals surface area contributed by atoms with Gasteiger partial charge in [-0.1, -0.05) is 39.3 Å². The number of halogens is 1. The minimum absolute atomic E-state index is 0.0437. The Morgan fingerprint density at radius 3 is 2.25 bits per heavy atom. The van der Waals surface area contributed by atoms with E-state index in [-0.39, 0.29) is 47.9 Å². The molecule has 1 saturated carbocycles. The van der Waals surface area contributed by atoms with Crippen molar-refractivity contribution >= 4 is 52.7 Å². The number of fused-ring (bicyclic) bond motifs is 2. The second-order valence-electron chi connectivity index (χ2n) is 18.1. The summed E-state index contributed by atoms with van der Waals surface area (Å²) in [5.41, 5.74) is 3.01. The molecular formula is C45H46ClN7O7. The first-order chi connectivity index (χ1) is 28.6. The summed E-state index contributed by atoms with van der Waals surface area (Å²) in [6.45, 7) is 14.0. The molecule has 6 amide bonds. The number of anilines is 1. The molecule has 0 aromatic heterocycles. The molecule has 1 aliphatic carbocycles. The number of hydrogen-bond donors (Lipinski definition) is 1. The van der Waals surface area contributed by atoms with Crippen molar-refractivity contribution in [2.45, 2.75) is 65.3 Å². The number of piperidine rings is 1. The molecule has 0 spiro atoms. The Kier molecular flexibility index (Phi) is 9.55. The fraction of sp³-hybridized carbons (Fsp3) is 0.444. The molecular weight excluding hydrogens is 786 g/mol. The Morgan fingerprint density at radius 1 is 0.867 bits per heavy atom. The van der Waals surface area contributed by atoms with Crippen molar-refractivity contribution in [2.75, 3.05) is 50.7 Å². The number of imide groups is 2. The molecule has 9 rings (SSSR count). The lowest BCUT2D eigenvalue weighted by Gasteiger charge is -2.65. The van der Waals surface area contributed by atoms with Crippen LogP contribution in [0, 0.1) is 28.1 Å². The number of ether oxygens (including phenoxy) is 1. The first-order valence-electron chi connectivity index (χ1n) is 20.5. The van der Waals surface area contributed by atoms with Crippen molar-refractivity contribution in [1.29, 1.82) is 5.26 Å². The van der Waals surface area contributed by atoms with Crippen molar-refractivity contribution in [3.05, 3.63) is 93.0 Å². The van der Waals surface area contributed by atoms with E-state index in [2.05, 4.69) is 48.9 Å². The van der Waals surface area contributed by atoms with Gasteiger partial charge in [-0.3, -0.25) is 43.9 Å². The van der Waals surface area contributed by atoms with E-state index >= 15 is 0 Å². The third-order valence-electron chi connectivity index (χ3n) is 13.5. The molecule has 5 aliphatic heterocycles. The Morgan fingerprint density at radius 2 is 1.57 bits per heavy atom. The maximum absolute atomic E-state index is 13.9. The monoisotopic (exact) mass is 831 g/mol. The normalized spacial score (nSPS) is 24.7. The van der Waals surface area contributed by atoms with Gasteiger partial charge in [-0.05, 0) is 60.5 Å². The van der Waals surface area contributed by atoms with Gasteiger partial charge < -0.3 is 19.4 Å². The van der Waals surface area contributed by atoms with Gasteiger partial charge in [-0.2, -0.15) is 5.26 Å². The summed E-state index contributed by atoms with van der Waals surface area (Å²) in [5.74, 6) is -1.17. The average Bonchev–Trinajstić information content (AvgIpc) is 3.64. The second kappa shape index (κ2) is 14.4. The van der Waals surface area contributed by atoms with Crippen LogP contribution in [-0.4, -0.2) is 119 Å². The van der Waals surface area contributed by atoms with Crippen molar-refractivity contribution in [1.82, 2.24) is 24.9 Å². The zero-order valence-electron chi connectivity index (χ0n) is 34.0. The number of rotatable bonds is 8. The van der Waals surface area contributed by atoms with Crippen LogP contribution < -0.4 is 15.0 Å². The van der Waals surface area contributed by atoms with Gasteiger partial charge in [0, 0.05) is 104 Å². The van der Waals surface area contributed by atoms with Crippen molar-refractivity contribution in [3.8, 4) is 11.8 Å². The Labute approximate surface area is 352 Å². The van der Waals surface area contributed by atoms with Gasteiger partial charge in [-0.15, -0.1) is 0 Å². The molecule has 0 bridgehead atoms. The predicted octanol–water partition coefficient (Wildman–Crippen LogP) is 4.35. The van der Waals surface area contributed by atoms with Crippen LogP contribution in [0.25, 0.3) is 0 Å². The minimum atomic E-state index is -0.995. The van der Waals surface area contributed by atoms with E-state index in [0.29, 0.717) is 53.0 Å². The molecule has 6 aliphatic rings. The maximum Gasteiger partial charge on any atom is 0.262 e. The summed E-state index contributed by atoms with van der Waals surface area (Å²) >= 11 is 6.29. The lowest BCUT2D eigenvalue weighted by atomic mass is 9.49. The summed E-state index contributed by atoms with van der Waals surface area (Å²) in [5, 5.41) is 11.8. The quantitative estimate of drug-likeness (QED) is 0.323. The van der Waals surface area contributed by atoms with Crippen molar-refractivity contribution < 1.29 is 33.5 Å². The first kappa shape index (κ1) is 39.7. The smallest absolute Gasteiger partial charge is 0.262 e. The SMILES string of the molecule is CC1(C)[C@H](Oc2ccc(C#N)c(Cl)c2)C(C)(C)[C@H]1N1Cc2cc(C(=O)N3CCN(CC4CN(c5ccc6c(c5)C(=O)N(C5CCC(=O)NC5=O)C6=O)C4)CC3)ccc2C1=O. The van der Waals surface area contributed by atoms with Crippen LogP contribution in [0.1, 0.15) is 93.1 Å². The van der Waals surface area contributed by atoms with Gasteiger partial charge in [0.05, 0.1) is 21.7 Å². The summed E-state index contributed by atoms with van der Waals surface area (Å²) < 4.78 is 6.46. The van der Waals surface area contributed by atoms with Crippen molar-refractivity contribution in [2.24, 2.45) is 16.7 Å². The molecule has 5 heterocycles. The van der Waals surface area contributed by atoms with Crippen molar-refractivity contribution in [3.63, 3.8) is 0 Å². The number of piperazine rings is 1. The Hall–Kier alpha value is -5.78. The number of carbonyl (C=O) groups excluding carboxylic acids is 6. The number of nitrogens with one attached hydrogen (secondary N) is 1. The molecule has 3 aromatic rings. The van der Waals surface area contributed by atoms with Crippen LogP contribution in [0.5, 0.6) is 5.75 Å². The van der Waals surface area contributed by atoms with Gasteiger partial charge in [-0.25, -0.2) is 0 Å². The number of carbonyl (C=O) groups is 6. The van der Waals surface area contributed by atoms with Crippen LogP contribution in [0.4, 0.5) is 5.69 Å². The Balaban J connectivity index is 0.767. The highest BCUT2D eigenvalue weighted by Gasteiger charge is 2.67. The van der Waals surface area contributed by atoms with Crippen LogP contribution in [-0.2, 0) is 16.1 Å². The third-order valence-corrected chi connectivity index (χ3v) is 13.8. The van der Waals surface area contributed by atoms with E-state index < -0.39 is 40.5 Å². The molecule has 1 unspecified atom stereocenters. The van der Waals surface area contributed by atoms with Crippen LogP contribution >= 0.6 is 11.6 Å². The van der Waals surface area contributed by atoms with Gasteiger partial charge in [0.25, 0.3) is 23.6 Å². The second-order valence-corrected chi connectivity index (χ2v) is 18.5. The molecule has 3 saturated heterocycles. The third kappa shape index (κ3) is 6.41. The number of benzene rings is 3. The van der Waals surface area contributed by atoms with Gasteiger partial charge in [0.15, 0.2) is 0 Å². The fourth-order valence-electron chi connectivity index (χ4n) is 10.9. The van der Waals surface area contributed by atoms with Gasteiger partial charge in [0.1, 0.15) is 24.0 Å². The highest BCUT2D eigenvalue weighted by Crippen LogP contribution is 2.59. The predicted molar refractivity (Wildman–Crippen MR) is 219 cm³/mol. The molecule has 3 aromatic carbocycles. The molecule has 4 fully saturated rings. The molecule has 310 valence electrons. The average molecular weight is 832 g/mol. The van der Waals surface area contributed by atoms with Crippen LogP contribution in [0.15, 0.2) is 54.6 Å². The molecule has 60 heavy (non-hydrogen) atoms. The minimum Gasteiger partial charge on any atom is -0.489 e. The number of amides is 6. The first-order valence-corrected chi connectivity index (χ1v) is 20.9. The van der Waals surface area contributed by atoms with E-state index in [1.54, 1.807) is 42.5 Å². The van der Waals surface area contributed by atoms with E-state index in [9.17, 15) is 34.0 Å². The number of nitrogens with zero attached hydrogens (tertiary/aromatic N) is 6. The summed E-state index contributed by atoms with van der Waals surface area (Å²) in [7, 11) is 0. The van der Waals surface area contributed by atoms with E-state index in [1.165, 1.54) is 0 Å². The fourth-order valence-corrected chi connectivity index (χ4v) is 11.1. The highest BCUT2D eigenvalue weighted by atomic mass is 35.5. The summed E-state index contributed by atoms with van der Waals surface area (Å²) in [6.07, 6.45) is -0.0307. The summed E-state index contributed by atoms with van der Waals surface area (Å²) in [6, 6.07) is 16.7. The summed E-state index contributed by atoms with van der Waals surface area (Å²) in [4.78, 5) is 87.4. The molecule has 1 atom stereocenters. The Bertz CT molecular complexity index is 2410. The van der Waals surface area contributed by atoms with Crippen LogP contribution in [0.3, 0.4) is 0 Å². The molecule has 1 N–H and O–H groups in total. The molecule has 0 radical (unpaired) electrons. The number of hydrogen-bond acceptors (Lipinski definition) is 10. The van der Waals surface area contributed by atoms with Gasteiger partial charge >= 0.3 is 0 Å². The standard InChI is InChI=1S/C45H46ClN7O7/c1-44(2)42(45(3,4)43(44)60-30-8-5-27(20-47)34(46)19-30)52-24-28-17-26(6-9-31(28)39(52)57)38(56)50-15-13-49(14-16-50)21-25-22-51(23-25)29-7-10-32-33(18-29)41(59)53(40(32)58)35-11-12-36(54)48-37(35)55/h5-10,17-19,25,35,42-43H,11-16,21-24H2,1-4H3,(H,48,54,55)/t35?,42-,43-. The van der Waals surface area contributed by atoms with E-state index in [1.807, 2.05) is 21.9 Å². The van der Waals surface area contributed by atoms with E-state index in [0.717, 1.165) is 48.9 Å². The van der Waals surface area contributed by atoms with E-state index in [4.69, 9.17) is 16.3 Å². The maximum atomic E-state index is 13.9. The topological polar surface area (TPSA) is 164 Å². The lowest BCUT2D eigenvalue weighted by molar-refractivity contribution is -0.199. The number of nitriles is 1. The molecule has 14 nitrogen and oxygen atoms in total. The molecule has 15 heteroatoms. The van der Waals surface area contributed by atoms with Crippen LogP contribution in [0.2, 0.25) is 5.02 Å². The zero-order chi connectivity index (χ0) is 42.4. The lowest BCUT2D eigenvalue weighted by Crippen LogP contribution is -2.74. The van der Waals surface area contributed by atoms with Gasteiger partial charge in [0.2, 0.25) is 11.8 Å². The largest absolute Gasteiger partial charge is 0.489 e. The zero-order valence-corrected chi connectivity index (χ0v) is 34.8.